The Morgan fingerprint density at radius 1 is 0.913 bits per heavy atom. The van der Waals surface area contributed by atoms with Gasteiger partial charge in [-0.3, -0.25) is 0 Å². The number of nitrogens with one attached hydrogen (secondary N) is 1. The van der Waals surface area contributed by atoms with Crippen molar-refractivity contribution in [3.63, 3.8) is 0 Å². The second-order valence-corrected chi connectivity index (χ2v) is 7.82. The Balaban J connectivity index is 1.70. The van der Waals surface area contributed by atoms with Gasteiger partial charge in [0.05, 0.1) is 11.5 Å². The Bertz CT molecular complexity index is 790. The predicted octanol–water partition coefficient (Wildman–Crippen LogP) is 2.62. The van der Waals surface area contributed by atoms with E-state index < -0.39 is 9.84 Å². The van der Waals surface area contributed by atoms with Crippen LogP contribution >= 0.6 is 0 Å². The molecule has 1 saturated heterocycles. The summed E-state index contributed by atoms with van der Waals surface area (Å²) in [5.41, 5.74) is 2.79. The Morgan fingerprint density at radius 3 is 2.26 bits per heavy atom. The van der Waals surface area contributed by atoms with Crippen molar-refractivity contribution in [2.45, 2.75) is 0 Å². The van der Waals surface area contributed by atoms with Gasteiger partial charge in [-0.05, 0) is 23.3 Å². The predicted molar refractivity (Wildman–Crippen MR) is 91.1 cm³/mol. The number of rotatable bonds is 2. The molecule has 0 saturated carbocycles. The molecule has 6 heteroatoms. The van der Waals surface area contributed by atoms with Gasteiger partial charge in [0.15, 0.2) is 9.84 Å². The Kier molecular flexibility index (Phi) is 4.34. The van der Waals surface area contributed by atoms with Crippen molar-refractivity contribution in [3.05, 3.63) is 54.6 Å². The maximum atomic E-state index is 12.2. The van der Waals surface area contributed by atoms with Gasteiger partial charge in [-0.25, -0.2) is 13.2 Å². The molecule has 1 heterocycles. The molecule has 2 aromatic rings. The van der Waals surface area contributed by atoms with Crippen LogP contribution in [0.2, 0.25) is 0 Å². The first-order valence-corrected chi connectivity index (χ1v) is 9.27. The van der Waals surface area contributed by atoms with Crippen molar-refractivity contribution in [2.24, 2.45) is 0 Å². The third-order valence-electron chi connectivity index (χ3n) is 3.85. The van der Waals surface area contributed by atoms with Gasteiger partial charge in [-0.15, -0.1) is 0 Å². The number of hydrogen-bond acceptors (Lipinski definition) is 3. The maximum absolute atomic E-state index is 12.2. The summed E-state index contributed by atoms with van der Waals surface area (Å²) in [4.78, 5) is 13.8. The van der Waals surface area contributed by atoms with Gasteiger partial charge >= 0.3 is 6.03 Å². The molecule has 2 amide bonds. The van der Waals surface area contributed by atoms with Crippen LogP contribution in [0.15, 0.2) is 54.6 Å². The van der Waals surface area contributed by atoms with Gasteiger partial charge in [0, 0.05) is 18.8 Å². The highest BCUT2D eigenvalue weighted by Crippen LogP contribution is 2.22. The van der Waals surface area contributed by atoms with E-state index in [2.05, 4.69) is 5.32 Å². The summed E-state index contributed by atoms with van der Waals surface area (Å²) < 4.78 is 22.8. The second kappa shape index (κ2) is 6.42. The van der Waals surface area contributed by atoms with E-state index in [1.54, 1.807) is 0 Å². The first-order chi connectivity index (χ1) is 11.0. The van der Waals surface area contributed by atoms with E-state index in [0.717, 1.165) is 11.1 Å². The minimum absolute atomic E-state index is 0.0322. The molecule has 3 rings (SSSR count). The maximum Gasteiger partial charge on any atom is 0.321 e. The molecule has 120 valence electrons. The summed E-state index contributed by atoms with van der Waals surface area (Å²) in [6.45, 7) is 0.485. The van der Waals surface area contributed by atoms with Crippen LogP contribution in [-0.2, 0) is 9.84 Å². The molecular weight excluding hydrogens is 312 g/mol. The van der Waals surface area contributed by atoms with E-state index in [1.165, 1.54) is 4.90 Å². The normalized spacial score (nSPS) is 16.8. The topological polar surface area (TPSA) is 66.5 Å². The van der Waals surface area contributed by atoms with E-state index in [9.17, 15) is 13.2 Å². The van der Waals surface area contributed by atoms with Crippen LogP contribution in [0.3, 0.4) is 0 Å². The van der Waals surface area contributed by atoms with Crippen molar-refractivity contribution in [1.29, 1.82) is 0 Å². The van der Waals surface area contributed by atoms with Crippen molar-refractivity contribution in [2.75, 3.05) is 29.9 Å². The highest BCUT2D eigenvalue weighted by Gasteiger charge is 2.24. The highest BCUT2D eigenvalue weighted by atomic mass is 32.2. The Labute approximate surface area is 135 Å². The number of urea groups is 1. The monoisotopic (exact) mass is 330 g/mol. The van der Waals surface area contributed by atoms with Gasteiger partial charge in [0.2, 0.25) is 0 Å². The summed E-state index contributed by atoms with van der Waals surface area (Å²) in [6, 6.07) is 17.3. The lowest BCUT2D eigenvalue weighted by molar-refractivity contribution is 0.216. The van der Waals surface area contributed by atoms with Crippen LogP contribution in [0.5, 0.6) is 0 Å². The SMILES string of the molecule is O=C(Nc1cccc(-c2ccccc2)c1)N1CCS(=O)(=O)CC1. The molecule has 1 aliphatic rings. The van der Waals surface area contributed by atoms with E-state index >= 15 is 0 Å². The zero-order chi connectivity index (χ0) is 16.3. The van der Waals surface area contributed by atoms with Gasteiger partial charge in [0.1, 0.15) is 0 Å². The fourth-order valence-electron chi connectivity index (χ4n) is 2.53. The molecule has 0 bridgehead atoms. The van der Waals surface area contributed by atoms with E-state index in [4.69, 9.17) is 0 Å². The molecule has 1 aliphatic heterocycles. The summed E-state index contributed by atoms with van der Waals surface area (Å²) in [6.07, 6.45) is 0. The fourth-order valence-corrected chi connectivity index (χ4v) is 3.73. The van der Waals surface area contributed by atoms with Crippen molar-refractivity contribution < 1.29 is 13.2 Å². The number of amides is 2. The first kappa shape index (κ1) is 15.6. The summed E-state index contributed by atoms with van der Waals surface area (Å²) >= 11 is 0. The molecule has 5 nitrogen and oxygen atoms in total. The smallest absolute Gasteiger partial charge is 0.321 e. The van der Waals surface area contributed by atoms with Crippen molar-refractivity contribution in [3.8, 4) is 11.1 Å². The number of sulfone groups is 1. The lowest BCUT2D eigenvalue weighted by atomic mass is 10.1. The molecule has 23 heavy (non-hydrogen) atoms. The second-order valence-electron chi connectivity index (χ2n) is 5.52. The largest absolute Gasteiger partial charge is 0.322 e. The fraction of sp³-hybridized carbons (Fsp3) is 0.235. The number of anilines is 1. The lowest BCUT2D eigenvalue weighted by Gasteiger charge is -2.26. The molecule has 0 spiro atoms. The molecule has 0 radical (unpaired) electrons. The molecule has 2 aromatic carbocycles. The third-order valence-corrected chi connectivity index (χ3v) is 5.46. The minimum atomic E-state index is -2.99. The molecule has 1 fully saturated rings. The van der Waals surface area contributed by atoms with Gasteiger partial charge < -0.3 is 10.2 Å². The zero-order valence-electron chi connectivity index (χ0n) is 12.6. The van der Waals surface area contributed by atoms with E-state index in [1.807, 2.05) is 54.6 Å². The average molecular weight is 330 g/mol. The quantitative estimate of drug-likeness (QED) is 0.920. The van der Waals surface area contributed by atoms with E-state index in [0.29, 0.717) is 5.69 Å². The molecular formula is C17H18N2O3S. The van der Waals surface area contributed by atoms with Gasteiger partial charge in [-0.1, -0.05) is 42.5 Å². The highest BCUT2D eigenvalue weighted by molar-refractivity contribution is 7.91. The van der Waals surface area contributed by atoms with Gasteiger partial charge in [0.25, 0.3) is 0 Å². The average Bonchev–Trinajstić information content (AvgIpc) is 2.56. The Hall–Kier alpha value is -2.34. The zero-order valence-corrected chi connectivity index (χ0v) is 13.4. The van der Waals surface area contributed by atoms with Crippen molar-refractivity contribution >= 4 is 21.6 Å². The minimum Gasteiger partial charge on any atom is -0.322 e. The molecule has 0 atom stereocenters. The summed E-state index contributed by atoms with van der Waals surface area (Å²) in [5.74, 6) is 0.0644. The number of benzene rings is 2. The van der Waals surface area contributed by atoms with Crippen LogP contribution in [0.1, 0.15) is 0 Å². The third kappa shape index (κ3) is 3.90. The van der Waals surface area contributed by atoms with Gasteiger partial charge in [-0.2, -0.15) is 0 Å². The molecule has 1 N–H and O–H groups in total. The molecule has 0 unspecified atom stereocenters. The van der Waals surface area contributed by atoms with Crippen LogP contribution < -0.4 is 5.32 Å². The van der Waals surface area contributed by atoms with Crippen LogP contribution in [0.25, 0.3) is 11.1 Å². The molecule has 0 aliphatic carbocycles. The number of hydrogen-bond donors (Lipinski definition) is 1. The Morgan fingerprint density at radius 2 is 1.57 bits per heavy atom. The lowest BCUT2D eigenvalue weighted by Crippen LogP contribution is -2.45. The first-order valence-electron chi connectivity index (χ1n) is 7.45. The number of carbonyl (C=O) groups is 1. The van der Waals surface area contributed by atoms with Crippen LogP contribution in [0, 0.1) is 0 Å². The van der Waals surface area contributed by atoms with Crippen LogP contribution in [0.4, 0.5) is 10.5 Å². The van der Waals surface area contributed by atoms with Crippen LogP contribution in [-0.4, -0.2) is 43.9 Å². The molecule has 0 aromatic heterocycles. The standard InChI is InChI=1S/C17H18N2O3S/c20-17(19-9-11-23(21,22)12-10-19)18-16-8-4-7-15(13-16)14-5-2-1-3-6-14/h1-8,13H,9-12H2,(H,18,20). The number of carbonyl (C=O) groups excluding carboxylic acids is 1. The number of nitrogens with zero attached hydrogens (tertiary/aromatic N) is 1. The summed E-state index contributed by atoms with van der Waals surface area (Å²) in [7, 11) is -2.99. The summed E-state index contributed by atoms with van der Waals surface area (Å²) in [5, 5.41) is 2.84. The van der Waals surface area contributed by atoms with E-state index in [-0.39, 0.29) is 30.6 Å². The van der Waals surface area contributed by atoms with Crippen molar-refractivity contribution in [1.82, 2.24) is 4.90 Å².